The van der Waals surface area contributed by atoms with Crippen molar-refractivity contribution in [2.75, 3.05) is 0 Å². The molecule has 0 aliphatic carbocycles. The molecule has 4 N–H and O–H groups in total. The zero-order valence-electron chi connectivity index (χ0n) is 5.33. The number of hydrogen-bond donors (Lipinski definition) is 2. The van der Waals surface area contributed by atoms with E-state index < -0.39 is 10.4 Å². The summed E-state index contributed by atoms with van der Waals surface area (Å²) in [7, 11) is -4.67. The van der Waals surface area contributed by atoms with Crippen LogP contribution in [-0.2, 0) is 10.4 Å². The average molecular weight is 158 g/mol. The van der Waals surface area contributed by atoms with E-state index in [4.69, 9.17) is 17.5 Å². The quantitative estimate of drug-likeness (QED) is 0.326. The van der Waals surface area contributed by atoms with Crippen molar-refractivity contribution in [3.63, 3.8) is 0 Å². The Hall–Kier alpha value is 1.09. The molecule has 0 spiro atoms. The fourth-order valence-electron chi connectivity index (χ4n) is 0. The van der Waals surface area contributed by atoms with E-state index in [0.29, 0.717) is 0 Å². The van der Waals surface area contributed by atoms with Crippen LogP contribution in [0.1, 0.15) is 2.85 Å². The van der Waals surface area contributed by atoms with E-state index in [1.165, 1.54) is 0 Å². The molecule has 0 saturated heterocycles. The van der Waals surface area contributed by atoms with Gasteiger partial charge in [0.25, 0.3) is 0 Å². The fourth-order valence-corrected chi connectivity index (χ4v) is 0. The predicted octanol–water partition coefficient (Wildman–Crippen LogP) is -1.63. The third-order valence-corrected chi connectivity index (χ3v) is 0. The van der Waals surface area contributed by atoms with Crippen molar-refractivity contribution in [2.24, 2.45) is 0 Å². The summed E-state index contributed by atoms with van der Waals surface area (Å²) in [5.74, 6) is 0. The van der Waals surface area contributed by atoms with Crippen LogP contribution in [-0.4, -0.2) is 60.7 Å². The first-order valence-corrected chi connectivity index (χ1v) is 2.10. The molecule has 0 aromatic heterocycles. The summed E-state index contributed by atoms with van der Waals surface area (Å²) >= 11 is 0. The maximum absolute atomic E-state index is 8.74. The van der Waals surface area contributed by atoms with Crippen molar-refractivity contribution >= 4 is 48.1 Å². The van der Waals surface area contributed by atoms with Gasteiger partial charge in [0.15, 0.2) is 0 Å². The summed E-state index contributed by atoms with van der Waals surface area (Å²) in [6.45, 7) is 0. The summed E-state index contributed by atoms with van der Waals surface area (Å²) in [6.07, 6.45) is 0. The van der Waals surface area contributed by atoms with Crippen molar-refractivity contribution < 1.29 is 25.9 Å². The molecule has 0 aliphatic rings. The van der Waals surface area contributed by atoms with Crippen molar-refractivity contribution in [3.05, 3.63) is 0 Å². The van der Waals surface area contributed by atoms with Crippen molar-refractivity contribution in [3.8, 4) is 0 Å². The molecular formula is H6CaO5S. The van der Waals surface area contributed by atoms with Gasteiger partial charge in [-0.2, -0.15) is 8.42 Å². The summed E-state index contributed by atoms with van der Waals surface area (Å²) < 4.78 is 31.6. The standard InChI is InChI=1S/Ca.H2O4S.H2O.2H/c;1-5(2,3)4;;;/h;(H2,1,2,3,4);1H2;;/q+2;;;2*-1. The predicted molar refractivity (Wildman–Crippen MR) is 25.8 cm³/mol. The minimum absolute atomic E-state index is 0. The van der Waals surface area contributed by atoms with Crippen molar-refractivity contribution in [1.82, 2.24) is 0 Å². The second kappa shape index (κ2) is 5.23. The second-order valence-corrected chi connectivity index (χ2v) is 1.34. The molecule has 0 fully saturated rings. The van der Waals surface area contributed by atoms with Gasteiger partial charge in [-0.15, -0.1) is 0 Å². The van der Waals surface area contributed by atoms with Crippen LogP contribution in [0.5, 0.6) is 0 Å². The van der Waals surface area contributed by atoms with Crippen LogP contribution in [0, 0.1) is 0 Å². The Balaban J connectivity index is -0.0000000133. The Labute approximate surface area is 73.6 Å². The maximum atomic E-state index is 8.74. The van der Waals surface area contributed by atoms with Crippen LogP contribution in [0.4, 0.5) is 0 Å². The normalized spacial score (nSPS) is 8.29. The van der Waals surface area contributed by atoms with Gasteiger partial charge in [0.2, 0.25) is 0 Å². The van der Waals surface area contributed by atoms with E-state index in [1.807, 2.05) is 0 Å². The number of rotatable bonds is 0. The smallest absolute Gasteiger partial charge is 1.00 e. The molecule has 0 bridgehead atoms. The zero-order chi connectivity index (χ0) is 4.50. The van der Waals surface area contributed by atoms with Crippen LogP contribution in [0.25, 0.3) is 0 Å². The van der Waals surface area contributed by atoms with E-state index in [2.05, 4.69) is 0 Å². The molecule has 0 saturated carbocycles. The number of hydrogen-bond acceptors (Lipinski definition) is 2. The van der Waals surface area contributed by atoms with Crippen LogP contribution in [0.15, 0.2) is 0 Å². The SMILES string of the molecule is O.O=S(=O)(O)O.[Ca+2].[H-].[H-]. The van der Waals surface area contributed by atoms with Crippen LogP contribution in [0.2, 0.25) is 0 Å². The first kappa shape index (κ1) is 15.7. The Kier molecular flexibility index (Phi) is 11.7. The molecule has 0 heterocycles. The Morgan fingerprint density at radius 1 is 1.29 bits per heavy atom. The van der Waals surface area contributed by atoms with E-state index >= 15 is 0 Å². The van der Waals surface area contributed by atoms with Crippen LogP contribution < -0.4 is 0 Å². The summed E-state index contributed by atoms with van der Waals surface area (Å²) in [5, 5.41) is 0. The van der Waals surface area contributed by atoms with Gasteiger partial charge in [0, 0.05) is 0 Å². The van der Waals surface area contributed by atoms with E-state index in [0.717, 1.165) is 0 Å². The summed E-state index contributed by atoms with van der Waals surface area (Å²) in [4.78, 5) is 0. The molecule has 0 rings (SSSR count). The topological polar surface area (TPSA) is 106 Å². The Morgan fingerprint density at radius 3 is 1.29 bits per heavy atom. The summed E-state index contributed by atoms with van der Waals surface area (Å²) in [6, 6.07) is 0. The second-order valence-electron chi connectivity index (χ2n) is 0.448. The van der Waals surface area contributed by atoms with E-state index in [1.54, 1.807) is 0 Å². The van der Waals surface area contributed by atoms with Gasteiger partial charge in [0.05, 0.1) is 0 Å². The molecule has 0 aromatic rings. The molecule has 0 aliphatic heterocycles. The van der Waals surface area contributed by atoms with Gasteiger partial charge in [-0.25, -0.2) is 0 Å². The van der Waals surface area contributed by atoms with Crippen LogP contribution >= 0.6 is 0 Å². The molecular weight excluding hydrogens is 152 g/mol. The van der Waals surface area contributed by atoms with E-state index in [-0.39, 0.29) is 46.1 Å². The first-order valence-electron chi connectivity index (χ1n) is 0.698. The molecule has 0 radical (unpaired) electrons. The van der Waals surface area contributed by atoms with Gasteiger partial charge in [-0.05, 0) is 0 Å². The monoisotopic (exact) mass is 158 g/mol. The molecule has 0 unspecified atom stereocenters. The third kappa shape index (κ3) is 155. The maximum Gasteiger partial charge on any atom is 2.00 e. The molecule has 0 amide bonds. The molecule has 0 aromatic carbocycles. The van der Waals surface area contributed by atoms with Gasteiger partial charge in [0.1, 0.15) is 0 Å². The van der Waals surface area contributed by atoms with Crippen LogP contribution in [0.3, 0.4) is 0 Å². The molecule has 44 valence electrons. The average Bonchev–Trinajstić information content (AvgIpc) is 0.722. The molecule has 5 nitrogen and oxygen atoms in total. The largest absolute Gasteiger partial charge is 2.00 e. The van der Waals surface area contributed by atoms with Crippen molar-refractivity contribution in [1.29, 1.82) is 0 Å². The molecule has 7 heteroatoms. The minimum Gasteiger partial charge on any atom is -1.00 e. The van der Waals surface area contributed by atoms with Gasteiger partial charge in [-0.3, -0.25) is 9.11 Å². The van der Waals surface area contributed by atoms with E-state index in [9.17, 15) is 0 Å². The fraction of sp³-hybridized carbons (Fsp3) is 0. The first-order chi connectivity index (χ1) is 2.00. The summed E-state index contributed by atoms with van der Waals surface area (Å²) in [5.41, 5.74) is 0. The Morgan fingerprint density at radius 2 is 1.29 bits per heavy atom. The zero-order valence-corrected chi connectivity index (χ0v) is 6.35. The Bertz CT molecular complexity index is 98.1. The van der Waals surface area contributed by atoms with Gasteiger partial charge in [-0.1, -0.05) is 0 Å². The third-order valence-electron chi connectivity index (χ3n) is 0. The van der Waals surface area contributed by atoms with Crippen molar-refractivity contribution in [2.45, 2.75) is 0 Å². The minimum atomic E-state index is -4.67. The molecule has 0 atom stereocenters. The van der Waals surface area contributed by atoms with Gasteiger partial charge >= 0.3 is 48.1 Å². The van der Waals surface area contributed by atoms with Gasteiger partial charge < -0.3 is 8.33 Å². The molecule has 7 heavy (non-hydrogen) atoms.